The predicted molar refractivity (Wildman–Crippen MR) is 58.8 cm³/mol. The molecule has 2 nitrogen and oxygen atoms in total. The Kier molecular flexibility index (Phi) is 2.01. The summed E-state index contributed by atoms with van der Waals surface area (Å²) in [4.78, 5) is 11.6. The summed E-state index contributed by atoms with van der Waals surface area (Å²) in [6, 6.07) is 6.60. The number of carbonyl (C=O) groups excluding carboxylic acids is 1. The van der Waals surface area contributed by atoms with E-state index in [-0.39, 0.29) is 11.8 Å². The van der Waals surface area contributed by atoms with Crippen LogP contribution < -0.4 is 5.32 Å². The van der Waals surface area contributed by atoms with Crippen LogP contribution >= 0.6 is 0 Å². The summed E-state index contributed by atoms with van der Waals surface area (Å²) < 4.78 is 0. The van der Waals surface area contributed by atoms with Crippen molar-refractivity contribution in [3.05, 3.63) is 34.9 Å². The lowest BCUT2D eigenvalue weighted by Crippen LogP contribution is -2.17. The van der Waals surface area contributed by atoms with Crippen LogP contribution in [0, 0.1) is 0 Å². The van der Waals surface area contributed by atoms with Gasteiger partial charge in [0.2, 0.25) is 5.91 Å². The third-order valence-electron chi connectivity index (χ3n) is 3.57. The molecule has 2 aliphatic rings. The van der Waals surface area contributed by atoms with Crippen molar-refractivity contribution in [2.24, 2.45) is 0 Å². The van der Waals surface area contributed by atoms with E-state index in [0.717, 1.165) is 13.0 Å². The first kappa shape index (κ1) is 8.96. The smallest absolute Gasteiger partial charge is 0.227 e. The van der Waals surface area contributed by atoms with Crippen LogP contribution in [0.4, 0.5) is 0 Å². The molecule has 0 aromatic heterocycles. The summed E-state index contributed by atoms with van der Waals surface area (Å²) in [6.07, 6.45) is 4.64. The first-order valence-electron chi connectivity index (χ1n) is 5.74. The molecule has 0 spiro atoms. The van der Waals surface area contributed by atoms with Crippen molar-refractivity contribution in [3.63, 3.8) is 0 Å². The number of nitrogens with one attached hydrogen (secondary N) is 1. The Morgan fingerprint density at radius 3 is 2.87 bits per heavy atom. The second-order valence-electron chi connectivity index (χ2n) is 4.51. The zero-order valence-corrected chi connectivity index (χ0v) is 8.75. The molecule has 1 saturated heterocycles. The molecule has 1 amide bonds. The van der Waals surface area contributed by atoms with Crippen molar-refractivity contribution >= 4 is 5.91 Å². The summed E-state index contributed by atoms with van der Waals surface area (Å²) in [5.41, 5.74) is 4.16. The van der Waals surface area contributed by atoms with Gasteiger partial charge in [-0.05, 0) is 42.4 Å². The standard InChI is InChI=1S/C13H15NO/c15-13-12(6-7-14-13)11-5-4-9-2-1-3-10(9)8-11/h4-5,8,12H,1-3,6-7H2,(H,14,15). The molecule has 0 saturated carbocycles. The summed E-state index contributed by atoms with van der Waals surface area (Å²) in [5.74, 6) is 0.309. The largest absolute Gasteiger partial charge is 0.356 e. The van der Waals surface area contributed by atoms with E-state index >= 15 is 0 Å². The highest BCUT2D eigenvalue weighted by molar-refractivity contribution is 5.85. The number of hydrogen-bond donors (Lipinski definition) is 1. The quantitative estimate of drug-likeness (QED) is 0.737. The van der Waals surface area contributed by atoms with E-state index < -0.39 is 0 Å². The zero-order chi connectivity index (χ0) is 10.3. The van der Waals surface area contributed by atoms with Crippen LogP contribution in [0.5, 0.6) is 0 Å². The lowest BCUT2D eigenvalue weighted by molar-refractivity contribution is -0.120. The number of rotatable bonds is 1. The van der Waals surface area contributed by atoms with Crippen LogP contribution in [0.25, 0.3) is 0 Å². The van der Waals surface area contributed by atoms with Crippen LogP contribution in [-0.2, 0) is 17.6 Å². The maximum atomic E-state index is 11.6. The molecule has 15 heavy (non-hydrogen) atoms. The van der Waals surface area contributed by atoms with Gasteiger partial charge in [-0.25, -0.2) is 0 Å². The van der Waals surface area contributed by atoms with Crippen molar-refractivity contribution in [2.75, 3.05) is 6.54 Å². The molecule has 1 heterocycles. The number of aryl methyl sites for hydroxylation is 2. The Morgan fingerprint density at radius 2 is 2.07 bits per heavy atom. The van der Waals surface area contributed by atoms with Gasteiger partial charge in [0.05, 0.1) is 5.92 Å². The third-order valence-corrected chi connectivity index (χ3v) is 3.57. The van der Waals surface area contributed by atoms with Gasteiger partial charge >= 0.3 is 0 Å². The highest BCUT2D eigenvalue weighted by atomic mass is 16.2. The Morgan fingerprint density at radius 1 is 1.20 bits per heavy atom. The van der Waals surface area contributed by atoms with E-state index in [4.69, 9.17) is 0 Å². The Bertz CT molecular complexity index is 411. The van der Waals surface area contributed by atoms with Gasteiger partial charge in [-0.3, -0.25) is 4.79 Å². The molecule has 78 valence electrons. The maximum Gasteiger partial charge on any atom is 0.227 e. The van der Waals surface area contributed by atoms with Gasteiger partial charge in [0, 0.05) is 6.54 Å². The normalized spacial score (nSPS) is 24.0. The average Bonchev–Trinajstić information content (AvgIpc) is 2.84. The molecule has 1 N–H and O–H groups in total. The molecule has 0 bridgehead atoms. The molecular weight excluding hydrogens is 186 g/mol. The highest BCUT2D eigenvalue weighted by Gasteiger charge is 2.26. The maximum absolute atomic E-state index is 11.6. The van der Waals surface area contributed by atoms with E-state index in [1.54, 1.807) is 0 Å². The van der Waals surface area contributed by atoms with E-state index in [1.165, 1.54) is 36.0 Å². The second kappa shape index (κ2) is 3.37. The third kappa shape index (κ3) is 1.44. The van der Waals surface area contributed by atoms with Crippen LogP contribution in [0.15, 0.2) is 18.2 Å². The van der Waals surface area contributed by atoms with Crippen molar-refractivity contribution < 1.29 is 4.79 Å². The number of carbonyl (C=O) groups is 1. The van der Waals surface area contributed by atoms with Crippen LogP contribution in [0.2, 0.25) is 0 Å². The molecule has 2 heteroatoms. The molecule has 0 radical (unpaired) electrons. The molecule has 1 aromatic carbocycles. The van der Waals surface area contributed by atoms with Gasteiger partial charge in [0.1, 0.15) is 0 Å². The van der Waals surface area contributed by atoms with Gasteiger partial charge in [0.15, 0.2) is 0 Å². The fraction of sp³-hybridized carbons (Fsp3) is 0.462. The van der Waals surface area contributed by atoms with Gasteiger partial charge in [-0.2, -0.15) is 0 Å². The molecule has 1 fully saturated rings. The number of fused-ring (bicyclic) bond motifs is 1. The van der Waals surface area contributed by atoms with Crippen molar-refractivity contribution in [2.45, 2.75) is 31.6 Å². The predicted octanol–water partition coefficient (Wildman–Crippen LogP) is 1.78. The zero-order valence-electron chi connectivity index (χ0n) is 8.75. The van der Waals surface area contributed by atoms with E-state index in [9.17, 15) is 4.79 Å². The molecule has 3 rings (SSSR count). The lowest BCUT2D eigenvalue weighted by Gasteiger charge is -2.09. The first-order valence-corrected chi connectivity index (χ1v) is 5.74. The minimum absolute atomic E-state index is 0.107. The molecule has 1 atom stereocenters. The van der Waals surface area contributed by atoms with Crippen LogP contribution in [-0.4, -0.2) is 12.5 Å². The van der Waals surface area contributed by atoms with Crippen LogP contribution in [0.1, 0.15) is 35.4 Å². The van der Waals surface area contributed by atoms with Gasteiger partial charge in [-0.15, -0.1) is 0 Å². The molecule has 1 aliphatic heterocycles. The topological polar surface area (TPSA) is 29.1 Å². The van der Waals surface area contributed by atoms with Crippen molar-refractivity contribution in [1.82, 2.24) is 5.32 Å². The minimum atomic E-state index is 0.107. The first-order chi connectivity index (χ1) is 7.34. The molecular formula is C13H15NO. The summed E-state index contributed by atoms with van der Waals surface area (Å²) in [7, 11) is 0. The Balaban J connectivity index is 1.95. The Labute approximate surface area is 89.7 Å². The number of amides is 1. The van der Waals surface area contributed by atoms with Gasteiger partial charge in [-0.1, -0.05) is 18.2 Å². The SMILES string of the molecule is O=C1NCCC1c1ccc2c(c1)CCC2. The van der Waals surface area contributed by atoms with E-state index in [2.05, 4.69) is 23.5 Å². The molecule has 1 unspecified atom stereocenters. The fourth-order valence-corrected chi connectivity index (χ4v) is 2.72. The molecule has 1 aromatic rings. The van der Waals surface area contributed by atoms with Crippen molar-refractivity contribution in [1.29, 1.82) is 0 Å². The summed E-state index contributed by atoms with van der Waals surface area (Å²) in [5, 5.41) is 2.90. The second-order valence-corrected chi connectivity index (χ2v) is 4.51. The number of benzene rings is 1. The van der Waals surface area contributed by atoms with Crippen molar-refractivity contribution in [3.8, 4) is 0 Å². The lowest BCUT2D eigenvalue weighted by atomic mass is 9.94. The summed E-state index contributed by atoms with van der Waals surface area (Å²) in [6.45, 7) is 0.834. The fourth-order valence-electron chi connectivity index (χ4n) is 2.72. The monoisotopic (exact) mass is 201 g/mol. The number of hydrogen-bond acceptors (Lipinski definition) is 1. The summed E-state index contributed by atoms with van der Waals surface area (Å²) >= 11 is 0. The van der Waals surface area contributed by atoms with E-state index in [0.29, 0.717) is 0 Å². The van der Waals surface area contributed by atoms with E-state index in [1.807, 2.05) is 0 Å². The minimum Gasteiger partial charge on any atom is -0.356 e. The van der Waals surface area contributed by atoms with Crippen LogP contribution in [0.3, 0.4) is 0 Å². The molecule has 1 aliphatic carbocycles. The van der Waals surface area contributed by atoms with Gasteiger partial charge in [0.25, 0.3) is 0 Å². The van der Waals surface area contributed by atoms with Gasteiger partial charge < -0.3 is 5.32 Å². The Hall–Kier alpha value is -1.31. The highest BCUT2D eigenvalue weighted by Crippen LogP contribution is 2.29. The average molecular weight is 201 g/mol.